The van der Waals surface area contributed by atoms with Gasteiger partial charge in [0.1, 0.15) is 12.2 Å². The van der Waals surface area contributed by atoms with E-state index in [-0.39, 0.29) is 6.10 Å². The number of hydrogen-bond acceptors (Lipinski definition) is 4. The molecule has 2 unspecified atom stereocenters. The monoisotopic (exact) mass is 250 g/mol. The van der Waals surface area contributed by atoms with E-state index in [1.54, 1.807) is 6.33 Å². The molecule has 5 heteroatoms. The van der Waals surface area contributed by atoms with Crippen molar-refractivity contribution in [3.05, 3.63) is 24.8 Å². The fourth-order valence-corrected chi connectivity index (χ4v) is 2.60. The molecule has 1 aliphatic rings. The van der Waals surface area contributed by atoms with Gasteiger partial charge in [0.15, 0.2) is 0 Å². The largest absolute Gasteiger partial charge is 0.392 e. The summed E-state index contributed by atoms with van der Waals surface area (Å²) in [5, 5.41) is 18.1. The lowest BCUT2D eigenvalue weighted by molar-refractivity contribution is 0.0971. The normalized spacial score (nSPS) is 22.2. The van der Waals surface area contributed by atoms with Gasteiger partial charge >= 0.3 is 0 Å². The summed E-state index contributed by atoms with van der Waals surface area (Å²) >= 11 is 0. The standard InChI is InChI=1S/C13H22N4O/c1-3-4-6-11(18)9-17-8-5-7-12(17)13-15-14-10-16(13)2/h3,10-12,18H,1,4-9H2,2H3. The SMILES string of the molecule is C=CCCC(O)CN1CCCC1c1nncn1C. The molecule has 0 saturated carbocycles. The Morgan fingerprint density at radius 2 is 2.50 bits per heavy atom. The number of aryl methyl sites for hydroxylation is 1. The summed E-state index contributed by atoms with van der Waals surface area (Å²) < 4.78 is 1.97. The third-order valence-corrected chi connectivity index (χ3v) is 3.56. The Morgan fingerprint density at radius 3 is 3.17 bits per heavy atom. The molecular weight excluding hydrogens is 228 g/mol. The molecule has 2 atom stereocenters. The predicted octanol–water partition coefficient (Wildman–Crippen LogP) is 1.28. The molecule has 2 heterocycles. The summed E-state index contributed by atoms with van der Waals surface area (Å²) in [5.74, 6) is 1.00. The molecule has 2 rings (SSSR count). The van der Waals surface area contributed by atoms with Gasteiger partial charge in [0.2, 0.25) is 0 Å². The number of aliphatic hydroxyl groups excluding tert-OH is 1. The Bertz CT molecular complexity index is 390. The summed E-state index contributed by atoms with van der Waals surface area (Å²) in [4.78, 5) is 2.32. The first-order valence-electron chi connectivity index (χ1n) is 6.59. The van der Waals surface area contributed by atoms with E-state index in [1.807, 2.05) is 17.7 Å². The third-order valence-electron chi connectivity index (χ3n) is 3.56. The molecule has 0 aromatic carbocycles. The number of aliphatic hydroxyl groups is 1. The molecule has 0 bridgehead atoms. The maximum absolute atomic E-state index is 9.99. The number of β-amino-alcohol motifs (C(OH)–C–C–N with tert-alkyl or cyclic N) is 1. The van der Waals surface area contributed by atoms with Gasteiger partial charge in [0.25, 0.3) is 0 Å². The van der Waals surface area contributed by atoms with E-state index in [9.17, 15) is 5.11 Å². The van der Waals surface area contributed by atoms with Gasteiger partial charge in [-0.2, -0.15) is 0 Å². The van der Waals surface area contributed by atoms with E-state index in [0.717, 1.165) is 38.1 Å². The summed E-state index contributed by atoms with van der Waals surface area (Å²) in [7, 11) is 1.97. The van der Waals surface area contributed by atoms with Gasteiger partial charge in [-0.05, 0) is 32.2 Å². The van der Waals surface area contributed by atoms with Crippen LogP contribution in [0.2, 0.25) is 0 Å². The molecule has 5 nitrogen and oxygen atoms in total. The van der Waals surface area contributed by atoms with Gasteiger partial charge in [0.05, 0.1) is 12.1 Å². The van der Waals surface area contributed by atoms with E-state index in [0.29, 0.717) is 12.6 Å². The first-order chi connectivity index (χ1) is 8.72. The molecule has 0 spiro atoms. The second-order valence-corrected chi connectivity index (χ2v) is 4.97. The second-order valence-electron chi connectivity index (χ2n) is 4.97. The van der Waals surface area contributed by atoms with Crippen LogP contribution in [0.25, 0.3) is 0 Å². The fourth-order valence-electron chi connectivity index (χ4n) is 2.60. The van der Waals surface area contributed by atoms with Crippen molar-refractivity contribution < 1.29 is 5.11 Å². The maximum Gasteiger partial charge on any atom is 0.149 e. The van der Waals surface area contributed by atoms with Crippen LogP contribution in [0.4, 0.5) is 0 Å². The van der Waals surface area contributed by atoms with Gasteiger partial charge in [-0.25, -0.2) is 0 Å². The van der Waals surface area contributed by atoms with Crippen LogP contribution in [0, 0.1) is 0 Å². The highest BCUT2D eigenvalue weighted by atomic mass is 16.3. The summed E-state index contributed by atoms with van der Waals surface area (Å²) in [5.41, 5.74) is 0. The van der Waals surface area contributed by atoms with E-state index >= 15 is 0 Å². The van der Waals surface area contributed by atoms with E-state index < -0.39 is 0 Å². The van der Waals surface area contributed by atoms with Crippen molar-refractivity contribution in [2.75, 3.05) is 13.1 Å². The van der Waals surface area contributed by atoms with Crippen molar-refractivity contribution in [2.24, 2.45) is 7.05 Å². The summed E-state index contributed by atoms with van der Waals surface area (Å²) in [6.07, 6.45) is 7.21. The van der Waals surface area contributed by atoms with E-state index in [1.165, 1.54) is 0 Å². The molecule has 1 N–H and O–H groups in total. The van der Waals surface area contributed by atoms with E-state index in [2.05, 4.69) is 21.7 Å². The van der Waals surface area contributed by atoms with Crippen LogP contribution in [-0.2, 0) is 7.05 Å². The predicted molar refractivity (Wildman–Crippen MR) is 70.0 cm³/mol. The number of hydrogen-bond donors (Lipinski definition) is 1. The topological polar surface area (TPSA) is 54.2 Å². The Kier molecular flexibility index (Phi) is 4.49. The second kappa shape index (κ2) is 6.11. The highest BCUT2D eigenvalue weighted by Crippen LogP contribution is 2.30. The van der Waals surface area contributed by atoms with Gasteiger partial charge < -0.3 is 9.67 Å². The maximum atomic E-state index is 9.99. The lowest BCUT2D eigenvalue weighted by atomic mass is 10.1. The molecule has 1 aliphatic heterocycles. The van der Waals surface area contributed by atoms with Crippen molar-refractivity contribution in [1.82, 2.24) is 19.7 Å². The van der Waals surface area contributed by atoms with Gasteiger partial charge in [-0.15, -0.1) is 16.8 Å². The molecule has 1 aromatic heterocycles. The Morgan fingerprint density at radius 1 is 1.67 bits per heavy atom. The van der Waals surface area contributed by atoms with Gasteiger partial charge in [-0.1, -0.05) is 6.08 Å². The molecule has 1 fully saturated rings. The van der Waals surface area contributed by atoms with Crippen LogP contribution in [0.5, 0.6) is 0 Å². The Labute approximate surface area is 108 Å². The summed E-state index contributed by atoms with van der Waals surface area (Å²) in [6.45, 7) is 5.43. The number of allylic oxidation sites excluding steroid dienone is 1. The van der Waals surface area contributed by atoms with Crippen LogP contribution in [-0.4, -0.2) is 44.0 Å². The van der Waals surface area contributed by atoms with Crippen molar-refractivity contribution in [3.63, 3.8) is 0 Å². The van der Waals surface area contributed by atoms with Crippen LogP contribution in [0.3, 0.4) is 0 Å². The van der Waals surface area contributed by atoms with Crippen molar-refractivity contribution in [1.29, 1.82) is 0 Å². The highest BCUT2D eigenvalue weighted by molar-refractivity contribution is 4.98. The lowest BCUT2D eigenvalue weighted by Gasteiger charge is -2.25. The quantitative estimate of drug-likeness (QED) is 0.773. The molecule has 1 aromatic rings. The average Bonchev–Trinajstić information content (AvgIpc) is 2.95. The van der Waals surface area contributed by atoms with Crippen molar-refractivity contribution in [2.45, 2.75) is 37.8 Å². The third kappa shape index (κ3) is 2.97. The van der Waals surface area contributed by atoms with Crippen molar-refractivity contribution >= 4 is 0 Å². The molecular formula is C13H22N4O. The fraction of sp³-hybridized carbons (Fsp3) is 0.692. The molecule has 0 aliphatic carbocycles. The molecule has 0 amide bonds. The number of rotatable bonds is 6. The minimum Gasteiger partial charge on any atom is -0.392 e. The van der Waals surface area contributed by atoms with Gasteiger partial charge in [-0.3, -0.25) is 4.90 Å². The first-order valence-corrected chi connectivity index (χ1v) is 6.59. The van der Waals surface area contributed by atoms with Crippen molar-refractivity contribution in [3.8, 4) is 0 Å². The number of aromatic nitrogens is 3. The first kappa shape index (κ1) is 13.2. The number of likely N-dealkylation sites (tertiary alicyclic amines) is 1. The Hall–Kier alpha value is -1.20. The minimum absolute atomic E-state index is 0.281. The zero-order valence-electron chi connectivity index (χ0n) is 11.0. The van der Waals surface area contributed by atoms with Crippen LogP contribution in [0.15, 0.2) is 19.0 Å². The van der Waals surface area contributed by atoms with Crippen LogP contribution >= 0.6 is 0 Å². The molecule has 0 radical (unpaired) electrons. The van der Waals surface area contributed by atoms with Crippen LogP contribution in [0.1, 0.15) is 37.5 Å². The number of nitrogens with zero attached hydrogens (tertiary/aromatic N) is 4. The molecule has 18 heavy (non-hydrogen) atoms. The smallest absolute Gasteiger partial charge is 0.149 e. The van der Waals surface area contributed by atoms with E-state index in [4.69, 9.17) is 0 Å². The average molecular weight is 250 g/mol. The zero-order valence-corrected chi connectivity index (χ0v) is 11.0. The molecule has 1 saturated heterocycles. The van der Waals surface area contributed by atoms with Gasteiger partial charge in [0, 0.05) is 13.6 Å². The molecule has 100 valence electrons. The highest BCUT2D eigenvalue weighted by Gasteiger charge is 2.30. The minimum atomic E-state index is -0.281. The lowest BCUT2D eigenvalue weighted by Crippen LogP contribution is -2.33. The van der Waals surface area contributed by atoms with Crippen LogP contribution < -0.4 is 0 Å². The Balaban J connectivity index is 1.95. The zero-order chi connectivity index (χ0) is 13.0. The summed E-state index contributed by atoms with van der Waals surface area (Å²) in [6, 6.07) is 0.302.